The standard InChI is InChI=1S/C24H36N2O6/c1-2-13-25(16-9-5-3-6-10-16)22(29)20-24-12-11-17(32-24)18(23(30)31)19(24)21(28)26(20)14-7-4-8-15-27/h2,16-20,27H,1,3-15H2,(H,30,31)/t17-,18+,19+,20?,24?/m1/s1. The first kappa shape index (κ1) is 23.2. The molecule has 2 N–H and O–H groups in total. The molecule has 178 valence electrons. The molecule has 3 heterocycles. The Morgan fingerprint density at radius 3 is 2.59 bits per heavy atom. The van der Waals surface area contributed by atoms with E-state index in [4.69, 9.17) is 9.84 Å². The van der Waals surface area contributed by atoms with Crippen LogP contribution in [-0.4, -0.2) is 81.3 Å². The van der Waals surface area contributed by atoms with Gasteiger partial charge in [-0.1, -0.05) is 25.3 Å². The number of amides is 2. The third-order valence-corrected chi connectivity index (χ3v) is 8.00. The normalized spacial score (nSPS) is 34.0. The number of carboxylic acid groups (broad SMARTS) is 1. The van der Waals surface area contributed by atoms with Gasteiger partial charge in [0.05, 0.1) is 17.9 Å². The van der Waals surface area contributed by atoms with Gasteiger partial charge in [-0.15, -0.1) is 6.58 Å². The summed E-state index contributed by atoms with van der Waals surface area (Å²) in [4.78, 5) is 43.2. The third kappa shape index (κ3) is 3.75. The number of ether oxygens (including phenoxy) is 1. The van der Waals surface area contributed by atoms with E-state index in [-0.39, 0.29) is 24.5 Å². The smallest absolute Gasteiger partial charge is 0.310 e. The second-order valence-electron chi connectivity index (χ2n) is 9.78. The van der Waals surface area contributed by atoms with Crippen LogP contribution in [0.3, 0.4) is 0 Å². The summed E-state index contributed by atoms with van der Waals surface area (Å²) in [7, 11) is 0. The molecule has 0 aromatic rings. The van der Waals surface area contributed by atoms with E-state index in [9.17, 15) is 19.5 Å². The highest BCUT2D eigenvalue weighted by molar-refractivity contribution is 5.98. The Bertz CT molecular complexity index is 751. The number of fused-ring (bicyclic) bond motifs is 1. The van der Waals surface area contributed by atoms with Gasteiger partial charge in [-0.3, -0.25) is 14.4 Å². The van der Waals surface area contributed by atoms with E-state index >= 15 is 0 Å². The largest absolute Gasteiger partial charge is 0.481 e. The molecule has 4 aliphatic rings. The molecule has 3 aliphatic heterocycles. The predicted molar refractivity (Wildman–Crippen MR) is 117 cm³/mol. The van der Waals surface area contributed by atoms with Gasteiger partial charge in [0, 0.05) is 25.7 Å². The molecule has 2 bridgehead atoms. The zero-order valence-electron chi connectivity index (χ0n) is 18.8. The minimum atomic E-state index is -1.05. The van der Waals surface area contributed by atoms with Crippen LogP contribution in [0.25, 0.3) is 0 Å². The average molecular weight is 449 g/mol. The number of hydrogen-bond acceptors (Lipinski definition) is 5. The van der Waals surface area contributed by atoms with Gasteiger partial charge in [-0.2, -0.15) is 0 Å². The molecule has 3 saturated heterocycles. The molecule has 32 heavy (non-hydrogen) atoms. The second-order valence-corrected chi connectivity index (χ2v) is 9.78. The van der Waals surface area contributed by atoms with Gasteiger partial charge in [0.15, 0.2) is 0 Å². The summed E-state index contributed by atoms with van der Waals surface area (Å²) >= 11 is 0. The third-order valence-electron chi connectivity index (χ3n) is 8.00. The predicted octanol–water partition coefficient (Wildman–Crippen LogP) is 1.96. The molecule has 1 saturated carbocycles. The molecule has 1 spiro atoms. The second kappa shape index (κ2) is 9.51. The zero-order chi connectivity index (χ0) is 22.9. The highest BCUT2D eigenvalue weighted by Gasteiger charge is 2.74. The Labute approximate surface area is 189 Å². The lowest BCUT2D eigenvalue weighted by Gasteiger charge is -2.40. The summed E-state index contributed by atoms with van der Waals surface area (Å²) in [5, 5.41) is 19.0. The first-order valence-corrected chi connectivity index (χ1v) is 12.2. The summed E-state index contributed by atoms with van der Waals surface area (Å²) < 4.78 is 6.28. The monoisotopic (exact) mass is 448 g/mol. The molecular formula is C24H36N2O6. The minimum absolute atomic E-state index is 0.0868. The highest BCUT2D eigenvalue weighted by atomic mass is 16.5. The number of hydrogen-bond donors (Lipinski definition) is 2. The molecule has 2 amide bonds. The number of likely N-dealkylation sites (tertiary alicyclic amines) is 1. The zero-order valence-corrected chi connectivity index (χ0v) is 18.8. The van der Waals surface area contributed by atoms with E-state index in [2.05, 4.69) is 6.58 Å². The quantitative estimate of drug-likeness (QED) is 0.391. The van der Waals surface area contributed by atoms with Crippen molar-refractivity contribution in [2.45, 2.75) is 88.0 Å². The van der Waals surface area contributed by atoms with Crippen LogP contribution in [0, 0.1) is 11.8 Å². The van der Waals surface area contributed by atoms with E-state index in [0.717, 1.165) is 32.1 Å². The van der Waals surface area contributed by atoms with Crippen LogP contribution in [0.15, 0.2) is 12.7 Å². The number of nitrogens with zero attached hydrogens (tertiary/aromatic N) is 2. The highest BCUT2D eigenvalue weighted by Crippen LogP contribution is 2.58. The molecule has 4 fully saturated rings. The Hall–Kier alpha value is -1.93. The maximum atomic E-state index is 14.1. The summed E-state index contributed by atoms with van der Waals surface area (Å²) in [6.45, 7) is 4.73. The van der Waals surface area contributed by atoms with Crippen molar-refractivity contribution >= 4 is 17.8 Å². The molecule has 8 nitrogen and oxygen atoms in total. The fourth-order valence-electron chi connectivity index (χ4n) is 6.63. The number of carbonyl (C=O) groups excluding carboxylic acids is 2. The van der Waals surface area contributed by atoms with Crippen LogP contribution in [0.1, 0.15) is 64.2 Å². The van der Waals surface area contributed by atoms with Crippen molar-refractivity contribution in [3.8, 4) is 0 Å². The maximum absolute atomic E-state index is 14.1. The number of aliphatic carboxylic acids is 1. The molecule has 0 radical (unpaired) electrons. The van der Waals surface area contributed by atoms with E-state index in [1.54, 1.807) is 11.0 Å². The van der Waals surface area contributed by atoms with Gasteiger partial charge in [-0.05, 0) is 44.9 Å². The molecule has 8 heteroatoms. The number of carbonyl (C=O) groups is 3. The van der Waals surface area contributed by atoms with Crippen LogP contribution >= 0.6 is 0 Å². The maximum Gasteiger partial charge on any atom is 0.310 e. The van der Waals surface area contributed by atoms with Gasteiger partial charge in [0.1, 0.15) is 11.6 Å². The SMILES string of the molecule is C=CCN(C(=O)C1N(CCCCCO)C(=O)[C@@H]2[C@@H](C(=O)O)[C@H]3CCC12O3)C1CCCCC1. The lowest BCUT2D eigenvalue weighted by atomic mass is 9.70. The Morgan fingerprint density at radius 1 is 1.19 bits per heavy atom. The number of rotatable bonds is 10. The Balaban J connectivity index is 1.66. The van der Waals surface area contributed by atoms with Crippen LogP contribution in [0.4, 0.5) is 0 Å². The summed E-state index contributed by atoms with van der Waals surface area (Å²) in [5.74, 6) is -3.09. The van der Waals surface area contributed by atoms with Crippen LogP contribution < -0.4 is 0 Å². The number of aliphatic hydroxyl groups excluding tert-OH is 1. The first-order valence-electron chi connectivity index (χ1n) is 12.2. The van der Waals surface area contributed by atoms with Crippen molar-refractivity contribution in [3.05, 3.63) is 12.7 Å². The fraction of sp³-hybridized carbons (Fsp3) is 0.792. The lowest BCUT2D eigenvalue weighted by Crippen LogP contribution is -2.58. The molecule has 4 rings (SSSR count). The van der Waals surface area contributed by atoms with Crippen molar-refractivity contribution in [2.75, 3.05) is 19.7 Å². The van der Waals surface area contributed by atoms with Gasteiger partial charge >= 0.3 is 5.97 Å². The Morgan fingerprint density at radius 2 is 1.94 bits per heavy atom. The lowest BCUT2D eigenvalue weighted by molar-refractivity contribution is -0.151. The van der Waals surface area contributed by atoms with Crippen LogP contribution in [0.5, 0.6) is 0 Å². The molecule has 2 unspecified atom stereocenters. The molecule has 0 aromatic carbocycles. The number of aliphatic hydroxyl groups is 1. The van der Waals surface area contributed by atoms with Gasteiger partial charge < -0.3 is 24.7 Å². The molecule has 0 aromatic heterocycles. The summed E-state index contributed by atoms with van der Waals surface area (Å²) in [6.07, 6.45) is 9.56. The summed E-state index contributed by atoms with van der Waals surface area (Å²) in [5.41, 5.74) is -1.05. The number of unbranched alkanes of at least 4 members (excludes halogenated alkanes) is 2. The van der Waals surface area contributed by atoms with Gasteiger partial charge in [-0.25, -0.2) is 0 Å². The fourth-order valence-corrected chi connectivity index (χ4v) is 6.63. The van der Waals surface area contributed by atoms with Gasteiger partial charge in [0.2, 0.25) is 11.8 Å². The van der Waals surface area contributed by atoms with Crippen molar-refractivity contribution in [2.24, 2.45) is 11.8 Å². The van der Waals surface area contributed by atoms with Crippen molar-refractivity contribution in [1.82, 2.24) is 9.80 Å². The van der Waals surface area contributed by atoms with Crippen LogP contribution in [-0.2, 0) is 19.1 Å². The van der Waals surface area contributed by atoms with E-state index < -0.39 is 35.6 Å². The average Bonchev–Trinajstić information content (AvgIpc) is 3.43. The van der Waals surface area contributed by atoms with E-state index in [1.807, 2.05) is 4.90 Å². The molecule has 5 atom stereocenters. The van der Waals surface area contributed by atoms with Crippen LogP contribution in [0.2, 0.25) is 0 Å². The minimum Gasteiger partial charge on any atom is -0.481 e. The molecular weight excluding hydrogens is 412 g/mol. The van der Waals surface area contributed by atoms with E-state index in [1.165, 1.54) is 6.42 Å². The summed E-state index contributed by atoms with van der Waals surface area (Å²) in [6, 6.07) is -0.671. The van der Waals surface area contributed by atoms with Gasteiger partial charge in [0.25, 0.3) is 0 Å². The van der Waals surface area contributed by atoms with Crippen molar-refractivity contribution < 1.29 is 29.3 Å². The molecule has 1 aliphatic carbocycles. The van der Waals surface area contributed by atoms with Crippen molar-refractivity contribution in [1.29, 1.82) is 0 Å². The first-order chi connectivity index (χ1) is 15.5. The number of carboxylic acids is 1. The Kier molecular flexibility index (Phi) is 6.91. The van der Waals surface area contributed by atoms with Crippen molar-refractivity contribution in [3.63, 3.8) is 0 Å². The topological polar surface area (TPSA) is 107 Å². The van der Waals surface area contributed by atoms with E-state index in [0.29, 0.717) is 38.8 Å².